The fourth-order valence-electron chi connectivity index (χ4n) is 2.78. The minimum atomic E-state index is -0.144. The molecule has 0 saturated heterocycles. The largest absolute Gasteiger partial charge is 0.348 e. The van der Waals surface area contributed by atoms with Crippen molar-refractivity contribution in [1.82, 2.24) is 10.2 Å². The Kier molecular flexibility index (Phi) is 7.36. The second kappa shape index (κ2) is 9.73. The van der Waals surface area contributed by atoms with E-state index in [0.29, 0.717) is 0 Å². The summed E-state index contributed by atoms with van der Waals surface area (Å²) in [6, 6.07) is 19.2. The van der Waals surface area contributed by atoms with Gasteiger partial charge in [-0.1, -0.05) is 62.4 Å². The molecule has 0 saturated carbocycles. The molecule has 0 aromatic heterocycles. The number of anilines is 1. The number of nitrogens with zero attached hydrogens (tertiary/aromatic N) is 1. The minimum Gasteiger partial charge on any atom is -0.348 e. The van der Waals surface area contributed by atoms with E-state index < -0.39 is 0 Å². The molecule has 2 amide bonds. The van der Waals surface area contributed by atoms with Gasteiger partial charge in [-0.3, -0.25) is 14.5 Å². The number of amides is 2. The average molecular weight is 353 g/mol. The molecule has 1 unspecified atom stereocenters. The predicted octanol–water partition coefficient (Wildman–Crippen LogP) is 3.07. The van der Waals surface area contributed by atoms with Gasteiger partial charge >= 0.3 is 0 Å². The molecule has 2 rings (SSSR count). The standard InChI is InChI=1S/C21H27N3O2/c1-16(2)21(17-10-6-4-7-11-17)23-20(26)15-24(3)14-19(25)22-18-12-8-5-9-13-18/h4-13,16,21H,14-15H2,1-3H3,(H,22,25)(H,23,26). The molecule has 0 aliphatic heterocycles. The Morgan fingerprint density at radius 2 is 1.42 bits per heavy atom. The van der Waals surface area contributed by atoms with Gasteiger partial charge in [-0.15, -0.1) is 0 Å². The van der Waals surface area contributed by atoms with Crippen LogP contribution in [0.1, 0.15) is 25.5 Å². The molecule has 2 N–H and O–H groups in total. The smallest absolute Gasteiger partial charge is 0.238 e. The first kappa shape index (κ1) is 19.7. The molecular weight excluding hydrogens is 326 g/mol. The van der Waals surface area contributed by atoms with Crippen molar-refractivity contribution in [3.05, 3.63) is 66.2 Å². The van der Waals surface area contributed by atoms with Crippen molar-refractivity contribution in [2.75, 3.05) is 25.5 Å². The van der Waals surface area contributed by atoms with Crippen LogP contribution in [0.25, 0.3) is 0 Å². The molecule has 0 spiro atoms. The highest BCUT2D eigenvalue weighted by atomic mass is 16.2. The fraction of sp³-hybridized carbons (Fsp3) is 0.333. The molecule has 0 fully saturated rings. The van der Waals surface area contributed by atoms with Gasteiger partial charge in [-0.2, -0.15) is 0 Å². The van der Waals surface area contributed by atoms with Crippen LogP contribution in [0.5, 0.6) is 0 Å². The Morgan fingerprint density at radius 1 is 0.885 bits per heavy atom. The van der Waals surface area contributed by atoms with Crippen LogP contribution in [-0.4, -0.2) is 36.9 Å². The van der Waals surface area contributed by atoms with Crippen LogP contribution in [0, 0.1) is 5.92 Å². The van der Waals surface area contributed by atoms with Gasteiger partial charge in [0.25, 0.3) is 0 Å². The third-order valence-electron chi connectivity index (χ3n) is 4.03. The van der Waals surface area contributed by atoms with Crippen LogP contribution < -0.4 is 10.6 Å². The van der Waals surface area contributed by atoms with Crippen molar-refractivity contribution in [2.45, 2.75) is 19.9 Å². The van der Waals surface area contributed by atoms with Crippen LogP contribution in [0.15, 0.2) is 60.7 Å². The monoisotopic (exact) mass is 353 g/mol. The maximum atomic E-state index is 12.4. The third-order valence-corrected chi connectivity index (χ3v) is 4.03. The molecule has 138 valence electrons. The second-order valence-corrected chi connectivity index (χ2v) is 6.79. The van der Waals surface area contributed by atoms with E-state index in [1.54, 1.807) is 11.9 Å². The summed E-state index contributed by atoms with van der Waals surface area (Å²) in [6.45, 7) is 4.47. The van der Waals surface area contributed by atoms with E-state index in [1.807, 2.05) is 60.7 Å². The molecule has 5 heteroatoms. The zero-order chi connectivity index (χ0) is 18.9. The normalized spacial score (nSPS) is 12.0. The number of likely N-dealkylation sites (N-methyl/N-ethyl adjacent to an activating group) is 1. The molecule has 2 aromatic rings. The number of nitrogens with one attached hydrogen (secondary N) is 2. The molecule has 0 bridgehead atoms. The SMILES string of the molecule is CC(C)C(NC(=O)CN(C)CC(=O)Nc1ccccc1)c1ccccc1. The van der Waals surface area contributed by atoms with Gasteiger partial charge in [-0.05, 0) is 30.7 Å². The van der Waals surface area contributed by atoms with Gasteiger partial charge in [0.2, 0.25) is 11.8 Å². The lowest BCUT2D eigenvalue weighted by Crippen LogP contribution is -2.41. The molecule has 0 heterocycles. The predicted molar refractivity (Wildman–Crippen MR) is 105 cm³/mol. The first-order chi connectivity index (χ1) is 12.5. The van der Waals surface area contributed by atoms with Gasteiger partial charge in [0.15, 0.2) is 0 Å². The Balaban J connectivity index is 1.84. The van der Waals surface area contributed by atoms with Crippen LogP contribution in [0.3, 0.4) is 0 Å². The summed E-state index contributed by atoms with van der Waals surface area (Å²) in [5.74, 6) is 0.0329. The van der Waals surface area contributed by atoms with Crippen molar-refractivity contribution in [3.8, 4) is 0 Å². The topological polar surface area (TPSA) is 61.4 Å². The lowest BCUT2D eigenvalue weighted by atomic mass is 9.96. The van der Waals surface area contributed by atoms with Crippen LogP contribution in [0.4, 0.5) is 5.69 Å². The zero-order valence-corrected chi connectivity index (χ0v) is 15.6. The Morgan fingerprint density at radius 3 is 2.00 bits per heavy atom. The number of rotatable bonds is 8. The third kappa shape index (κ3) is 6.33. The Labute approximate surface area is 155 Å². The average Bonchev–Trinajstić information content (AvgIpc) is 2.60. The summed E-state index contributed by atoms with van der Waals surface area (Å²) in [5.41, 5.74) is 1.83. The highest BCUT2D eigenvalue weighted by Crippen LogP contribution is 2.21. The van der Waals surface area contributed by atoms with Crippen LogP contribution in [-0.2, 0) is 9.59 Å². The molecule has 0 aliphatic rings. The van der Waals surface area contributed by atoms with E-state index in [1.165, 1.54) is 0 Å². The first-order valence-electron chi connectivity index (χ1n) is 8.83. The number of carbonyl (C=O) groups is 2. The second-order valence-electron chi connectivity index (χ2n) is 6.79. The molecule has 0 radical (unpaired) electrons. The van der Waals surface area contributed by atoms with E-state index >= 15 is 0 Å². The van der Waals surface area contributed by atoms with Crippen molar-refractivity contribution in [1.29, 1.82) is 0 Å². The van der Waals surface area contributed by atoms with Gasteiger partial charge in [0.1, 0.15) is 0 Å². The molecule has 26 heavy (non-hydrogen) atoms. The summed E-state index contributed by atoms with van der Waals surface area (Å²) < 4.78 is 0. The van der Waals surface area contributed by atoms with Gasteiger partial charge < -0.3 is 10.6 Å². The minimum absolute atomic E-state index is 0.0461. The molecule has 1 atom stereocenters. The fourth-order valence-corrected chi connectivity index (χ4v) is 2.78. The maximum Gasteiger partial charge on any atom is 0.238 e. The van der Waals surface area contributed by atoms with Crippen LogP contribution in [0.2, 0.25) is 0 Å². The van der Waals surface area contributed by atoms with E-state index in [0.717, 1.165) is 11.3 Å². The summed E-state index contributed by atoms with van der Waals surface area (Å²) in [5, 5.41) is 5.89. The van der Waals surface area contributed by atoms with E-state index in [9.17, 15) is 9.59 Å². The number of para-hydroxylation sites is 1. The number of hydrogen-bond acceptors (Lipinski definition) is 3. The Hall–Kier alpha value is -2.66. The van der Waals surface area contributed by atoms with E-state index in [4.69, 9.17) is 0 Å². The highest BCUT2D eigenvalue weighted by molar-refractivity contribution is 5.92. The van der Waals surface area contributed by atoms with E-state index in [-0.39, 0.29) is 36.9 Å². The summed E-state index contributed by atoms with van der Waals surface area (Å²) in [7, 11) is 1.76. The quantitative estimate of drug-likeness (QED) is 0.767. The Bertz CT molecular complexity index is 702. The zero-order valence-electron chi connectivity index (χ0n) is 15.6. The van der Waals surface area contributed by atoms with Crippen molar-refractivity contribution < 1.29 is 9.59 Å². The van der Waals surface area contributed by atoms with Gasteiger partial charge in [0.05, 0.1) is 19.1 Å². The summed E-state index contributed by atoms with van der Waals surface area (Å²) >= 11 is 0. The number of carbonyl (C=O) groups excluding carboxylic acids is 2. The van der Waals surface area contributed by atoms with Crippen molar-refractivity contribution >= 4 is 17.5 Å². The summed E-state index contributed by atoms with van der Waals surface area (Å²) in [6.07, 6.45) is 0. The molecule has 2 aromatic carbocycles. The van der Waals surface area contributed by atoms with E-state index in [2.05, 4.69) is 24.5 Å². The maximum absolute atomic E-state index is 12.4. The number of benzene rings is 2. The lowest BCUT2D eigenvalue weighted by Gasteiger charge is -2.24. The lowest BCUT2D eigenvalue weighted by molar-refractivity contribution is -0.123. The van der Waals surface area contributed by atoms with Crippen molar-refractivity contribution in [3.63, 3.8) is 0 Å². The molecular formula is C21H27N3O2. The summed E-state index contributed by atoms with van der Waals surface area (Å²) in [4.78, 5) is 26.2. The van der Waals surface area contributed by atoms with Crippen LogP contribution >= 0.6 is 0 Å². The molecule has 0 aliphatic carbocycles. The van der Waals surface area contributed by atoms with Crippen molar-refractivity contribution in [2.24, 2.45) is 5.92 Å². The molecule has 5 nitrogen and oxygen atoms in total. The van der Waals surface area contributed by atoms with Gasteiger partial charge in [0, 0.05) is 5.69 Å². The highest BCUT2D eigenvalue weighted by Gasteiger charge is 2.19. The first-order valence-corrected chi connectivity index (χ1v) is 8.83. The van der Waals surface area contributed by atoms with Gasteiger partial charge in [-0.25, -0.2) is 0 Å². The number of hydrogen-bond donors (Lipinski definition) is 2.